The number of carbonyl (C=O) groups is 1. The molecule has 0 saturated carbocycles. The molecule has 18 heavy (non-hydrogen) atoms. The van der Waals surface area contributed by atoms with E-state index in [1.807, 2.05) is 0 Å². The largest absolute Gasteiger partial charge is 0.435 e. The molecule has 1 heterocycles. The first-order valence-electron chi connectivity index (χ1n) is 5.48. The molecule has 0 radical (unpaired) electrons. The summed E-state index contributed by atoms with van der Waals surface area (Å²) in [5.41, 5.74) is -0.0560. The average Bonchev–Trinajstić information content (AvgIpc) is 2.54. The summed E-state index contributed by atoms with van der Waals surface area (Å²) < 4.78 is 28.5. The quantitative estimate of drug-likeness (QED) is 0.828. The molecule has 1 amide bonds. The van der Waals surface area contributed by atoms with Gasteiger partial charge in [-0.05, 0) is 26.0 Å². The standard InChI is InChI=1S/C13H13F2NO2/c1-13(2)6-7-16(11(13)17)9-4-3-5-10(8-9)18-12(14)15/h3-8,12H,1-2H3. The predicted molar refractivity (Wildman–Crippen MR) is 63.5 cm³/mol. The summed E-state index contributed by atoms with van der Waals surface area (Å²) in [4.78, 5) is 13.5. The summed E-state index contributed by atoms with van der Waals surface area (Å²) in [5, 5.41) is 0. The Morgan fingerprint density at radius 2 is 2.06 bits per heavy atom. The molecule has 0 fully saturated rings. The normalized spacial score (nSPS) is 17.6. The number of anilines is 1. The highest BCUT2D eigenvalue weighted by Crippen LogP contribution is 2.32. The molecule has 2 rings (SSSR count). The summed E-state index contributed by atoms with van der Waals surface area (Å²) in [6, 6.07) is 6.07. The predicted octanol–water partition coefficient (Wildman–Crippen LogP) is 3.17. The van der Waals surface area contributed by atoms with Crippen LogP contribution in [0.4, 0.5) is 14.5 Å². The van der Waals surface area contributed by atoms with Crippen molar-refractivity contribution in [2.75, 3.05) is 4.90 Å². The lowest BCUT2D eigenvalue weighted by Crippen LogP contribution is -2.30. The number of carbonyl (C=O) groups excluding carboxylic acids is 1. The van der Waals surface area contributed by atoms with Gasteiger partial charge in [-0.3, -0.25) is 9.69 Å². The summed E-state index contributed by atoms with van der Waals surface area (Å²) in [6.45, 7) is 0.720. The first kappa shape index (κ1) is 12.5. The van der Waals surface area contributed by atoms with Gasteiger partial charge >= 0.3 is 6.61 Å². The lowest BCUT2D eigenvalue weighted by atomic mass is 9.95. The van der Waals surface area contributed by atoms with Crippen LogP contribution in [-0.4, -0.2) is 12.5 Å². The van der Waals surface area contributed by atoms with E-state index in [2.05, 4.69) is 4.74 Å². The first-order chi connectivity index (χ1) is 8.40. The summed E-state index contributed by atoms with van der Waals surface area (Å²) >= 11 is 0. The minimum Gasteiger partial charge on any atom is -0.435 e. The number of hydrogen-bond acceptors (Lipinski definition) is 2. The molecule has 0 unspecified atom stereocenters. The van der Waals surface area contributed by atoms with E-state index in [4.69, 9.17) is 0 Å². The van der Waals surface area contributed by atoms with Crippen LogP contribution >= 0.6 is 0 Å². The second-order valence-electron chi connectivity index (χ2n) is 4.59. The van der Waals surface area contributed by atoms with Crippen molar-refractivity contribution < 1.29 is 18.3 Å². The minimum atomic E-state index is -2.87. The van der Waals surface area contributed by atoms with Gasteiger partial charge in [0.25, 0.3) is 0 Å². The first-order valence-corrected chi connectivity index (χ1v) is 5.48. The number of hydrogen-bond donors (Lipinski definition) is 0. The summed E-state index contributed by atoms with van der Waals surface area (Å²) in [6.07, 6.45) is 3.42. The van der Waals surface area contributed by atoms with Gasteiger partial charge in [-0.15, -0.1) is 0 Å². The highest BCUT2D eigenvalue weighted by Gasteiger charge is 2.34. The van der Waals surface area contributed by atoms with Crippen LogP contribution in [0.3, 0.4) is 0 Å². The van der Waals surface area contributed by atoms with Crippen LogP contribution in [0.1, 0.15) is 13.8 Å². The second kappa shape index (κ2) is 4.40. The Bertz CT molecular complexity index is 498. The molecule has 0 atom stereocenters. The SMILES string of the molecule is CC1(C)C=CN(c2cccc(OC(F)F)c2)C1=O. The third-order valence-electron chi connectivity index (χ3n) is 2.73. The van der Waals surface area contributed by atoms with Gasteiger partial charge in [0.2, 0.25) is 5.91 Å². The minimum absolute atomic E-state index is 0.0356. The Labute approximate surface area is 104 Å². The van der Waals surface area contributed by atoms with Gasteiger partial charge in [0.05, 0.1) is 11.1 Å². The van der Waals surface area contributed by atoms with Gasteiger partial charge in [-0.25, -0.2) is 0 Å². The smallest absolute Gasteiger partial charge is 0.387 e. The van der Waals surface area contributed by atoms with Crippen molar-refractivity contribution in [1.29, 1.82) is 0 Å². The highest BCUT2D eigenvalue weighted by atomic mass is 19.3. The zero-order chi connectivity index (χ0) is 13.3. The molecule has 1 aliphatic rings. The Kier molecular flexibility index (Phi) is 3.07. The molecule has 0 saturated heterocycles. The fourth-order valence-electron chi connectivity index (χ4n) is 1.72. The Hall–Kier alpha value is -1.91. The molecule has 0 N–H and O–H groups in total. The topological polar surface area (TPSA) is 29.5 Å². The van der Waals surface area contributed by atoms with Crippen molar-refractivity contribution in [3.05, 3.63) is 36.5 Å². The van der Waals surface area contributed by atoms with Crippen LogP contribution in [0, 0.1) is 5.41 Å². The number of benzene rings is 1. The molecular formula is C13H13F2NO2. The summed E-state index contributed by atoms with van der Waals surface area (Å²) in [7, 11) is 0. The van der Waals surface area contributed by atoms with Crippen molar-refractivity contribution in [3.63, 3.8) is 0 Å². The zero-order valence-corrected chi connectivity index (χ0v) is 10.1. The fraction of sp³-hybridized carbons (Fsp3) is 0.308. The van der Waals surface area contributed by atoms with E-state index in [1.165, 1.54) is 17.0 Å². The number of amides is 1. The third-order valence-corrected chi connectivity index (χ3v) is 2.73. The Morgan fingerprint density at radius 1 is 1.33 bits per heavy atom. The molecular weight excluding hydrogens is 240 g/mol. The van der Waals surface area contributed by atoms with Gasteiger partial charge in [-0.1, -0.05) is 12.1 Å². The summed E-state index contributed by atoms with van der Waals surface area (Å²) in [5.74, 6) is -0.0647. The monoisotopic (exact) mass is 253 g/mol. The van der Waals surface area contributed by atoms with Gasteiger partial charge in [-0.2, -0.15) is 8.78 Å². The van der Waals surface area contributed by atoms with Crippen molar-refractivity contribution in [1.82, 2.24) is 0 Å². The van der Waals surface area contributed by atoms with Crippen LogP contribution in [0.5, 0.6) is 5.75 Å². The van der Waals surface area contributed by atoms with Gasteiger partial charge in [0.15, 0.2) is 0 Å². The molecule has 5 heteroatoms. The van der Waals surface area contributed by atoms with E-state index in [0.717, 1.165) is 0 Å². The molecule has 0 aromatic heterocycles. The van der Waals surface area contributed by atoms with Crippen molar-refractivity contribution >= 4 is 11.6 Å². The van der Waals surface area contributed by atoms with E-state index in [9.17, 15) is 13.6 Å². The molecule has 1 aromatic carbocycles. The lowest BCUT2D eigenvalue weighted by molar-refractivity contribution is -0.122. The maximum Gasteiger partial charge on any atom is 0.387 e. The van der Waals surface area contributed by atoms with E-state index in [-0.39, 0.29) is 11.7 Å². The number of ether oxygens (including phenoxy) is 1. The number of nitrogens with zero attached hydrogens (tertiary/aromatic N) is 1. The second-order valence-corrected chi connectivity index (χ2v) is 4.59. The average molecular weight is 253 g/mol. The van der Waals surface area contributed by atoms with Crippen LogP contribution in [0.15, 0.2) is 36.5 Å². The maximum atomic E-state index is 12.1. The van der Waals surface area contributed by atoms with E-state index in [1.54, 1.807) is 38.3 Å². The van der Waals surface area contributed by atoms with E-state index in [0.29, 0.717) is 5.69 Å². The third kappa shape index (κ3) is 2.34. The van der Waals surface area contributed by atoms with Crippen molar-refractivity contribution in [3.8, 4) is 5.75 Å². The van der Waals surface area contributed by atoms with Crippen molar-refractivity contribution in [2.45, 2.75) is 20.5 Å². The van der Waals surface area contributed by atoms with E-state index < -0.39 is 12.0 Å². The lowest BCUT2D eigenvalue weighted by Gasteiger charge is -2.20. The highest BCUT2D eigenvalue weighted by molar-refractivity contribution is 6.02. The Balaban J connectivity index is 2.25. The maximum absolute atomic E-state index is 12.1. The fourth-order valence-corrected chi connectivity index (χ4v) is 1.72. The number of halogens is 2. The molecule has 0 aliphatic carbocycles. The molecule has 96 valence electrons. The number of rotatable bonds is 3. The number of alkyl halides is 2. The Morgan fingerprint density at radius 3 is 2.61 bits per heavy atom. The molecule has 0 bridgehead atoms. The van der Waals surface area contributed by atoms with Gasteiger partial charge < -0.3 is 4.74 Å². The van der Waals surface area contributed by atoms with Crippen LogP contribution in [0.2, 0.25) is 0 Å². The zero-order valence-electron chi connectivity index (χ0n) is 10.1. The molecule has 0 spiro atoms. The van der Waals surface area contributed by atoms with Gasteiger partial charge in [0, 0.05) is 12.3 Å². The van der Waals surface area contributed by atoms with Gasteiger partial charge in [0.1, 0.15) is 5.75 Å². The van der Waals surface area contributed by atoms with Crippen molar-refractivity contribution in [2.24, 2.45) is 5.41 Å². The molecule has 1 aliphatic heterocycles. The van der Waals surface area contributed by atoms with Crippen LogP contribution < -0.4 is 9.64 Å². The van der Waals surface area contributed by atoms with E-state index >= 15 is 0 Å². The van der Waals surface area contributed by atoms with Crippen LogP contribution in [0.25, 0.3) is 0 Å². The molecule has 1 aromatic rings. The molecule has 3 nitrogen and oxygen atoms in total. The van der Waals surface area contributed by atoms with Crippen LogP contribution in [-0.2, 0) is 4.79 Å².